The van der Waals surface area contributed by atoms with Gasteiger partial charge in [-0.05, 0) is 197 Å². The highest BCUT2D eigenvalue weighted by Gasteiger charge is 2.48. The first-order valence-corrected chi connectivity index (χ1v) is 31.4. The number of aryl methyl sites for hydroxylation is 2. The van der Waals surface area contributed by atoms with Gasteiger partial charge in [-0.25, -0.2) is 0 Å². The molecule has 422 valence electrons. The van der Waals surface area contributed by atoms with Gasteiger partial charge in [0.05, 0.1) is 22.2 Å². The van der Waals surface area contributed by atoms with Gasteiger partial charge in [-0.15, -0.1) is 0 Å². The third-order valence-electron chi connectivity index (χ3n) is 19.6. The fourth-order valence-electron chi connectivity index (χ4n) is 15.6. The summed E-state index contributed by atoms with van der Waals surface area (Å²) in [5.41, 5.74) is 26.1. The van der Waals surface area contributed by atoms with Crippen LogP contribution in [0.3, 0.4) is 0 Å². The van der Waals surface area contributed by atoms with Crippen molar-refractivity contribution in [3.8, 4) is 22.3 Å². The van der Waals surface area contributed by atoms with Gasteiger partial charge in [0.1, 0.15) is 0 Å². The number of nitrogens with zero attached hydrogens (tertiary/aromatic N) is 2. The molecule has 0 saturated heterocycles. The van der Waals surface area contributed by atoms with E-state index in [1.165, 1.54) is 121 Å². The van der Waals surface area contributed by atoms with Crippen molar-refractivity contribution in [3.63, 3.8) is 0 Å². The fraction of sp³-hybridized carbons (Fsp3) is 0.116. The molecule has 0 N–H and O–H groups in total. The highest BCUT2D eigenvalue weighted by atomic mass is 15.2. The first-order chi connectivity index (χ1) is 43.1. The lowest BCUT2D eigenvalue weighted by Crippen LogP contribution is -2.29. The van der Waals surface area contributed by atoms with E-state index in [9.17, 15) is 0 Å². The van der Waals surface area contributed by atoms with E-state index >= 15 is 0 Å². The molecule has 2 aliphatic rings. The molecule has 0 unspecified atom stereocenters. The minimum absolute atomic E-state index is 0.374. The van der Waals surface area contributed by atoms with Crippen LogP contribution >= 0.6 is 0 Å². The van der Waals surface area contributed by atoms with Gasteiger partial charge < -0.3 is 9.80 Å². The van der Waals surface area contributed by atoms with Gasteiger partial charge in [0.25, 0.3) is 0 Å². The zero-order valence-corrected chi connectivity index (χ0v) is 50.8. The van der Waals surface area contributed by atoms with Gasteiger partial charge >= 0.3 is 0 Å². The second-order valence-electron chi connectivity index (χ2n) is 25.3. The number of benzene rings is 14. The van der Waals surface area contributed by atoms with Crippen LogP contribution in [0.25, 0.3) is 54.6 Å². The average Bonchev–Trinajstić information content (AvgIpc) is 1.58. The second-order valence-corrected chi connectivity index (χ2v) is 25.3. The Kier molecular flexibility index (Phi) is 12.5. The van der Waals surface area contributed by atoms with Crippen LogP contribution in [-0.2, 0) is 10.8 Å². The molecule has 0 fully saturated rings. The van der Waals surface area contributed by atoms with Crippen LogP contribution in [0.4, 0.5) is 34.1 Å². The smallest absolute Gasteiger partial charge is 0.0714 e. The van der Waals surface area contributed by atoms with Crippen LogP contribution in [0.2, 0.25) is 0 Å². The van der Waals surface area contributed by atoms with Gasteiger partial charge in [-0.1, -0.05) is 258 Å². The molecule has 14 aromatic carbocycles. The van der Waals surface area contributed by atoms with E-state index in [1.807, 2.05) is 0 Å². The largest absolute Gasteiger partial charge is 0.310 e. The Bertz CT molecular complexity index is 4650. The molecule has 0 atom stereocenters. The molecule has 0 bridgehead atoms. The Morgan fingerprint density at radius 1 is 0.273 bits per heavy atom. The molecule has 0 amide bonds. The summed E-state index contributed by atoms with van der Waals surface area (Å²) in [6, 6.07) is 111. The van der Waals surface area contributed by atoms with Gasteiger partial charge in [-0.3, -0.25) is 0 Å². The highest BCUT2D eigenvalue weighted by Crippen LogP contribution is 2.59. The first kappa shape index (κ1) is 53.2. The van der Waals surface area contributed by atoms with Crippen molar-refractivity contribution in [2.45, 2.75) is 64.2 Å². The molecule has 0 heterocycles. The van der Waals surface area contributed by atoms with Crippen molar-refractivity contribution in [1.82, 2.24) is 0 Å². The standard InChI is InChI=1S/C86H68N2/c1-55(2)61-23-17-25-63(51-61)85(77-37-11-7-33-71(77)72-34-8-12-38-78(72)85)65-27-19-31-69(53-65)87(67-29-15-21-57(5)49-67)81-47-43-59-42-46-76-82(48-44-60-41-45-75(81)83(59)84(60)76)88(68-30-16-22-58(6)50-68)70-32-20-28-66(54-70)86(64-26-18-24-62(52-64)56(3)4)79-39-13-9-35-73(79)74-36-10-14-40-80(74)86/h7-56H,1-6H3. The summed E-state index contributed by atoms with van der Waals surface area (Å²) in [6.07, 6.45) is 0. The number of hydrogen-bond acceptors (Lipinski definition) is 2. The second kappa shape index (κ2) is 20.7. The van der Waals surface area contributed by atoms with E-state index in [1.54, 1.807) is 0 Å². The maximum Gasteiger partial charge on any atom is 0.0714 e. The summed E-state index contributed by atoms with van der Waals surface area (Å²) in [5.74, 6) is 0.749. The van der Waals surface area contributed by atoms with Crippen LogP contribution in [0.1, 0.15) is 106 Å². The summed E-state index contributed by atoms with van der Waals surface area (Å²) >= 11 is 0. The molecule has 2 aliphatic carbocycles. The maximum atomic E-state index is 2.52. The quantitative estimate of drug-likeness (QED) is 0.113. The number of hydrogen-bond donors (Lipinski definition) is 0. The van der Waals surface area contributed by atoms with Crippen LogP contribution in [-0.4, -0.2) is 0 Å². The lowest BCUT2D eigenvalue weighted by molar-refractivity contribution is 0.760. The van der Waals surface area contributed by atoms with E-state index in [-0.39, 0.29) is 0 Å². The predicted molar refractivity (Wildman–Crippen MR) is 372 cm³/mol. The highest BCUT2D eigenvalue weighted by molar-refractivity contribution is 6.28. The van der Waals surface area contributed by atoms with Crippen molar-refractivity contribution in [1.29, 1.82) is 0 Å². The van der Waals surface area contributed by atoms with Crippen molar-refractivity contribution >= 4 is 66.4 Å². The summed E-state index contributed by atoms with van der Waals surface area (Å²) in [4.78, 5) is 5.04. The summed E-state index contributed by atoms with van der Waals surface area (Å²) in [7, 11) is 0. The summed E-state index contributed by atoms with van der Waals surface area (Å²) in [6.45, 7) is 13.6. The molecule has 88 heavy (non-hydrogen) atoms. The Balaban J connectivity index is 0.909. The normalized spacial score (nSPS) is 13.5. The average molecular weight is 1130 g/mol. The minimum atomic E-state index is -0.570. The molecule has 0 aliphatic heterocycles. The molecule has 2 heteroatoms. The molecule has 0 aromatic heterocycles. The lowest BCUT2D eigenvalue weighted by Gasteiger charge is -2.36. The summed E-state index contributed by atoms with van der Waals surface area (Å²) in [5, 5.41) is 7.33. The van der Waals surface area contributed by atoms with E-state index in [4.69, 9.17) is 0 Å². The monoisotopic (exact) mass is 1130 g/mol. The number of anilines is 6. The van der Waals surface area contributed by atoms with E-state index in [2.05, 4.69) is 343 Å². The minimum Gasteiger partial charge on any atom is -0.310 e. The van der Waals surface area contributed by atoms with Gasteiger partial charge in [0.2, 0.25) is 0 Å². The molecule has 0 saturated carbocycles. The third-order valence-corrected chi connectivity index (χ3v) is 19.6. The summed E-state index contributed by atoms with van der Waals surface area (Å²) < 4.78 is 0. The van der Waals surface area contributed by atoms with E-state index < -0.39 is 10.8 Å². The molecule has 0 spiro atoms. The molecule has 14 aromatic rings. The van der Waals surface area contributed by atoms with Gasteiger partial charge in [0.15, 0.2) is 0 Å². The van der Waals surface area contributed by atoms with Crippen LogP contribution in [0.15, 0.2) is 291 Å². The van der Waals surface area contributed by atoms with E-state index in [0.717, 1.165) is 34.1 Å². The maximum absolute atomic E-state index is 2.52. The Labute approximate surface area is 517 Å². The number of fused-ring (bicyclic) bond motifs is 6. The third kappa shape index (κ3) is 8.01. The van der Waals surface area contributed by atoms with Crippen LogP contribution in [0.5, 0.6) is 0 Å². The topological polar surface area (TPSA) is 6.48 Å². The van der Waals surface area contributed by atoms with Gasteiger partial charge in [-0.2, -0.15) is 0 Å². The molecule has 2 nitrogen and oxygen atoms in total. The number of rotatable bonds is 12. The van der Waals surface area contributed by atoms with Crippen molar-refractivity contribution in [2.24, 2.45) is 0 Å². The van der Waals surface area contributed by atoms with Crippen molar-refractivity contribution < 1.29 is 0 Å². The van der Waals surface area contributed by atoms with E-state index in [0.29, 0.717) is 11.8 Å². The zero-order valence-electron chi connectivity index (χ0n) is 50.8. The Hall–Kier alpha value is -10.3. The molecular formula is C86H68N2. The SMILES string of the molecule is Cc1cccc(N(c2cccc(C3(c4cccc(C(C)C)c4)c4ccccc4-c4ccccc43)c2)c2ccc3ccc4c(N(c5cccc(C)c5)c5cccc(C6(c7cccc(C(C)C)c7)c7ccccc7-c7ccccc76)c5)ccc5ccc2c3c54)c1. The molecule has 16 rings (SSSR count). The molecular weight excluding hydrogens is 1060 g/mol. The van der Waals surface area contributed by atoms with Crippen molar-refractivity contribution in [2.75, 3.05) is 9.80 Å². The Morgan fingerprint density at radius 3 is 0.932 bits per heavy atom. The Morgan fingerprint density at radius 2 is 0.580 bits per heavy atom. The molecule has 0 radical (unpaired) electrons. The van der Waals surface area contributed by atoms with Gasteiger partial charge in [0, 0.05) is 33.5 Å². The van der Waals surface area contributed by atoms with Crippen molar-refractivity contribution in [3.05, 3.63) is 358 Å². The van der Waals surface area contributed by atoms with Crippen LogP contribution in [0, 0.1) is 13.8 Å². The lowest BCUT2D eigenvalue weighted by atomic mass is 9.67. The predicted octanol–water partition coefficient (Wildman–Crippen LogP) is 23.1. The fourth-order valence-corrected chi connectivity index (χ4v) is 15.6. The first-order valence-electron chi connectivity index (χ1n) is 31.4. The van der Waals surface area contributed by atoms with Crippen LogP contribution < -0.4 is 9.80 Å². The zero-order chi connectivity index (χ0) is 59.4.